The van der Waals surface area contributed by atoms with Gasteiger partial charge in [-0.3, -0.25) is 9.59 Å². The Morgan fingerprint density at radius 3 is 2.27 bits per heavy atom. The summed E-state index contributed by atoms with van der Waals surface area (Å²) >= 11 is 0. The smallest absolute Gasteiger partial charge is 0.293 e. The number of aliphatic hydroxyl groups is 3. The van der Waals surface area contributed by atoms with Crippen molar-refractivity contribution in [3.8, 4) is 11.3 Å². The van der Waals surface area contributed by atoms with Gasteiger partial charge in [-0.15, -0.1) is 0 Å². The lowest BCUT2D eigenvalue weighted by Gasteiger charge is -2.31. The van der Waals surface area contributed by atoms with Crippen LogP contribution in [0.4, 0.5) is 28.6 Å². The van der Waals surface area contributed by atoms with E-state index >= 15 is 0 Å². The number of rotatable bonds is 11. The molecule has 2 heterocycles. The number of hydrogen-bond donors (Lipinski definition) is 4. The Bertz CT molecular complexity index is 1700. The molecule has 1 amide bonds. The summed E-state index contributed by atoms with van der Waals surface area (Å²) in [5.74, 6) is -0.0199. The van der Waals surface area contributed by atoms with Gasteiger partial charge < -0.3 is 39.9 Å². The van der Waals surface area contributed by atoms with Crippen molar-refractivity contribution < 1.29 is 20.1 Å². The molecule has 0 aliphatic carbocycles. The molecule has 0 bridgehead atoms. The fraction of sp³-hybridized carbons (Fsp3) is 0.303. The zero-order valence-electron chi connectivity index (χ0n) is 25.2. The Balaban J connectivity index is 1.46. The number of aromatic nitrogens is 2. The minimum Gasteiger partial charge on any atom is -0.395 e. The molecule has 4 aromatic rings. The molecule has 11 heteroatoms. The van der Waals surface area contributed by atoms with Crippen molar-refractivity contribution in [3.05, 3.63) is 93.9 Å². The molecular weight excluding hydrogens is 560 g/mol. The molecule has 11 nitrogen and oxygen atoms in total. The second-order valence-corrected chi connectivity index (χ2v) is 10.9. The Morgan fingerprint density at radius 2 is 1.61 bits per heavy atom. The second kappa shape index (κ2) is 13.3. The summed E-state index contributed by atoms with van der Waals surface area (Å²) in [6.07, 6.45) is 2.30. The van der Waals surface area contributed by atoms with Crippen molar-refractivity contribution >= 4 is 34.5 Å². The zero-order valence-corrected chi connectivity index (χ0v) is 25.2. The van der Waals surface area contributed by atoms with Gasteiger partial charge in [0.15, 0.2) is 5.82 Å². The third-order valence-corrected chi connectivity index (χ3v) is 7.87. The standard InChI is InChI=1S/C33H38N6O5/c1-36(2)25-11-12-26-22(19-25)13-14-39(32(26)43)30-6-4-5-27(28(30)21-42)29-20-37(3)33(44)31(35-29)34-23-7-9-24(10-8-23)38(15-17-40)16-18-41/h4-12,19-20,40-42H,13-18,21H2,1-3H3,(H,34,35). The number of fused-ring (bicyclic) bond motifs is 1. The first-order chi connectivity index (χ1) is 21.2. The van der Waals surface area contributed by atoms with E-state index in [9.17, 15) is 24.9 Å². The van der Waals surface area contributed by atoms with Crippen LogP contribution in [0.5, 0.6) is 0 Å². The van der Waals surface area contributed by atoms with Crippen molar-refractivity contribution in [1.82, 2.24) is 9.55 Å². The lowest BCUT2D eigenvalue weighted by atomic mass is 9.95. The van der Waals surface area contributed by atoms with Crippen molar-refractivity contribution in [2.24, 2.45) is 7.05 Å². The molecular formula is C33H38N6O5. The summed E-state index contributed by atoms with van der Waals surface area (Å²) in [6, 6.07) is 18.6. The van der Waals surface area contributed by atoms with E-state index in [-0.39, 0.29) is 37.1 Å². The van der Waals surface area contributed by atoms with E-state index in [2.05, 4.69) is 10.3 Å². The van der Waals surface area contributed by atoms with Crippen molar-refractivity contribution in [2.45, 2.75) is 13.0 Å². The van der Waals surface area contributed by atoms with Crippen LogP contribution in [0.1, 0.15) is 21.5 Å². The number of carbonyl (C=O) groups is 1. The largest absolute Gasteiger partial charge is 0.395 e. The number of aliphatic hydroxyl groups excluding tert-OH is 3. The molecule has 5 rings (SSSR count). The lowest BCUT2D eigenvalue weighted by Crippen LogP contribution is -2.38. The molecule has 44 heavy (non-hydrogen) atoms. The number of nitrogens with zero attached hydrogens (tertiary/aromatic N) is 5. The minimum atomic E-state index is -0.332. The van der Waals surface area contributed by atoms with Gasteiger partial charge in [0.25, 0.3) is 11.5 Å². The van der Waals surface area contributed by atoms with Crippen LogP contribution in [0.25, 0.3) is 11.3 Å². The number of benzene rings is 3. The highest BCUT2D eigenvalue weighted by Gasteiger charge is 2.28. The first-order valence-electron chi connectivity index (χ1n) is 14.5. The number of nitrogens with one attached hydrogen (secondary N) is 1. The minimum absolute atomic E-state index is 0.0411. The van der Waals surface area contributed by atoms with E-state index in [0.717, 1.165) is 16.9 Å². The molecule has 1 aliphatic rings. The highest BCUT2D eigenvalue weighted by Crippen LogP contribution is 2.34. The molecule has 0 saturated carbocycles. The van der Waals surface area contributed by atoms with E-state index in [0.29, 0.717) is 59.8 Å². The molecule has 3 aromatic carbocycles. The quantitative estimate of drug-likeness (QED) is 0.206. The van der Waals surface area contributed by atoms with Crippen LogP contribution in [0.3, 0.4) is 0 Å². The van der Waals surface area contributed by atoms with E-state index in [1.807, 2.05) is 72.4 Å². The van der Waals surface area contributed by atoms with E-state index in [1.165, 1.54) is 4.57 Å². The van der Waals surface area contributed by atoms with Gasteiger partial charge in [0.2, 0.25) is 0 Å². The Labute approximate surface area is 256 Å². The highest BCUT2D eigenvalue weighted by molar-refractivity contribution is 6.09. The van der Waals surface area contributed by atoms with Gasteiger partial charge in [0.1, 0.15) is 0 Å². The molecule has 0 atom stereocenters. The van der Waals surface area contributed by atoms with E-state index in [4.69, 9.17) is 0 Å². The summed E-state index contributed by atoms with van der Waals surface area (Å²) < 4.78 is 1.43. The van der Waals surface area contributed by atoms with Crippen LogP contribution in [0.2, 0.25) is 0 Å². The molecule has 0 fully saturated rings. The van der Waals surface area contributed by atoms with Crippen LogP contribution >= 0.6 is 0 Å². The van der Waals surface area contributed by atoms with Gasteiger partial charge in [-0.1, -0.05) is 12.1 Å². The topological polar surface area (TPSA) is 134 Å². The average molecular weight is 599 g/mol. The van der Waals surface area contributed by atoms with Gasteiger partial charge in [-0.2, -0.15) is 0 Å². The molecule has 0 radical (unpaired) electrons. The molecule has 4 N–H and O–H groups in total. The molecule has 0 unspecified atom stereocenters. The molecule has 230 valence electrons. The Kier molecular flexibility index (Phi) is 9.29. The average Bonchev–Trinajstić information content (AvgIpc) is 3.03. The van der Waals surface area contributed by atoms with Crippen LogP contribution < -0.4 is 25.6 Å². The number of amides is 1. The van der Waals surface area contributed by atoms with Crippen LogP contribution in [-0.2, 0) is 20.1 Å². The molecule has 1 aliphatic heterocycles. The third kappa shape index (κ3) is 6.16. The summed E-state index contributed by atoms with van der Waals surface area (Å²) in [5, 5.41) is 32.3. The maximum atomic E-state index is 13.6. The summed E-state index contributed by atoms with van der Waals surface area (Å²) in [6.45, 7) is 0.833. The summed E-state index contributed by atoms with van der Waals surface area (Å²) in [7, 11) is 5.57. The predicted molar refractivity (Wildman–Crippen MR) is 173 cm³/mol. The number of anilines is 5. The van der Waals surface area contributed by atoms with Gasteiger partial charge in [0.05, 0.1) is 31.2 Å². The van der Waals surface area contributed by atoms with Crippen molar-refractivity contribution in [1.29, 1.82) is 0 Å². The van der Waals surface area contributed by atoms with Crippen LogP contribution in [0, 0.1) is 0 Å². The summed E-state index contributed by atoms with van der Waals surface area (Å²) in [4.78, 5) is 36.9. The lowest BCUT2D eigenvalue weighted by molar-refractivity contribution is 0.0980. The van der Waals surface area contributed by atoms with Gasteiger partial charge in [-0.05, 0) is 60.5 Å². The predicted octanol–water partition coefficient (Wildman–Crippen LogP) is 2.74. The fourth-order valence-corrected chi connectivity index (χ4v) is 5.54. The third-order valence-electron chi connectivity index (χ3n) is 7.87. The maximum Gasteiger partial charge on any atom is 0.293 e. The van der Waals surface area contributed by atoms with E-state index < -0.39 is 0 Å². The summed E-state index contributed by atoms with van der Waals surface area (Å²) in [5.41, 5.74) is 6.04. The van der Waals surface area contributed by atoms with Gasteiger partial charge >= 0.3 is 0 Å². The number of hydrogen-bond acceptors (Lipinski definition) is 9. The van der Waals surface area contributed by atoms with Crippen LogP contribution in [-0.4, -0.2) is 77.7 Å². The zero-order chi connectivity index (χ0) is 31.4. The first kappa shape index (κ1) is 30.7. The molecule has 0 saturated heterocycles. The highest BCUT2D eigenvalue weighted by atomic mass is 16.3. The van der Waals surface area contributed by atoms with Crippen molar-refractivity contribution in [3.63, 3.8) is 0 Å². The Morgan fingerprint density at radius 1 is 0.909 bits per heavy atom. The van der Waals surface area contributed by atoms with Gasteiger partial charge in [0, 0.05) is 80.7 Å². The van der Waals surface area contributed by atoms with Crippen LogP contribution in [0.15, 0.2) is 71.7 Å². The molecule has 0 spiro atoms. The Hall–Kier alpha value is -4.71. The molecule has 1 aromatic heterocycles. The van der Waals surface area contributed by atoms with E-state index in [1.54, 1.807) is 30.3 Å². The first-order valence-corrected chi connectivity index (χ1v) is 14.5. The van der Waals surface area contributed by atoms with Gasteiger partial charge in [-0.25, -0.2) is 4.98 Å². The fourth-order valence-electron chi connectivity index (χ4n) is 5.54. The monoisotopic (exact) mass is 598 g/mol. The maximum absolute atomic E-state index is 13.6. The number of aryl methyl sites for hydroxylation is 1. The van der Waals surface area contributed by atoms with Crippen molar-refractivity contribution in [2.75, 3.05) is 67.0 Å². The number of carbonyl (C=O) groups excluding carboxylic acids is 1. The second-order valence-electron chi connectivity index (χ2n) is 10.9. The SMILES string of the molecule is CN(C)c1ccc2c(c1)CCN(c1cccc(-c3cn(C)c(=O)c(Nc4ccc(N(CCO)CCO)cc4)n3)c1CO)C2=O. The normalized spacial score (nSPS) is 12.7.